The molecule has 0 saturated carbocycles. The minimum atomic E-state index is -0.785. The van der Waals surface area contributed by atoms with Gasteiger partial charge in [-0.15, -0.1) is 0 Å². The molecule has 127 heavy (non-hydrogen) atoms. The molecule has 0 fully saturated rings. The van der Waals surface area contributed by atoms with Gasteiger partial charge in [-0.05, 0) is 322 Å². The normalized spacial score (nSPS) is 12.0. The van der Waals surface area contributed by atoms with Crippen LogP contribution < -0.4 is 34.1 Å². The Morgan fingerprint density at radius 1 is 0.213 bits per heavy atom. The molecule has 1 aliphatic carbocycles. The molecular formula is C120H94N6O. The van der Waals surface area contributed by atoms with Crippen LogP contribution in [0.25, 0.3) is 33.4 Å². The van der Waals surface area contributed by atoms with E-state index in [0.29, 0.717) is 12.5 Å². The molecule has 0 heterocycles. The summed E-state index contributed by atoms with van der Waals surface area (Å²) < 4.78 is 6.71. The van der Waals surface area contributed by atoms with Crippen LogP contribution in [0.1, 0.15) is 59.6 Å². The SMILES string of the molecule is CCC(C)c1ccc(COc2ccc(C3(c4ccccc4)c4cc(-c5ccc(N(c6ccc(N(c7ccccc7)c7ccccc7)cc6)c6ccc(N(c7ccccc7)c7ccccc7)cc6)cc5)ccc4-c4ccc(-c5ccc(N(c6ccc(N(c7ccccc7)c7ccccc7)cc6)c6ccc(N(c7ccccc7)c7ccccc7)cc6)cc5)cc43)cc2)cc1. The van der Waals surface area contributed by atoms with Gasteiger partial charge in [0.05, 0.1) is 5.41 Å². The van der Waals surface area contributed by atoms with E-state index in [1.807, 2.05) is 0 Å². The van der Waals surface area contributed by atoms with E-state index >= 15 is 0 Å². The third kappa shape index (κ3) is 16.2. The lowest BCUT2D eigenvalue weighted by molar-refractivity contribution is 0.306. The monoisotopic (exact) mass is 1630 g/mol. The molecule has 0 N–H and O–H groups in total. The van der Waals surface area contributed by atoms with Crippen molar-refractivity contribution >= 4 is 102 Å². The van der Waals surface area contributed by atoms with Crippen LogP contribution in [0.4, 0.5) is 102 Å². The Labute approximate surface area is 745 Å². The van der Waals surface area contributed by atoms with Crippen LogP contribution in [-0.2, 0) is 12.0 Å². The molecule has 0 saturated heterocycles. The van der Waals surface area contributed by atoms with E-state index in [2.05, 4.69) is 547 Å². The average Bonchev–Trinajstić information content (AvgIpc) is 1.54. The van der Waals surface area contributed by atoms with Crippen LogP contribution in [-0.4, -0.2) is 0 Å². The van der Waals surface area contributed by atoms with E-state index in [9.17, 15) is 0 Å². The molecule has 0 spiro atoms. The number of anilines is 18. The maximum Gasteiger partial charge on any atom is 0.119 e. The number of hydrogen-bond acceptors (Lipinski definition) is 7. The third-order valence-electron chi connectivity index (χ3n) is 24.7. The summed E-state index contributed by atoms with van der Waals surface area (Å²) in [4.78, 5) is 14.0. The number of fused-ring (bicyclic) bond motifs is 3. The van der Waals surface area contributed by atoms with E-state index in [1.165, 1.54) is 33.4 Å². The first-order valence-corrected chi connectivity index (χ1v) is 43.8. The van der Waals surface area contributed by atoms with Gasteiger partial charge in [0, 0.05) is 102 Å². The van der Waals surface area contributed by atoms with Crippen molar-refractivity contribution in [1.82, 2.24) is 0 Å². The van der Waals surface area contributed by atoms with Crippen molar-refractivity contribution in [3.05, 3.63) is 537 Å². The molecule has 19 aromatic carbocycles. The summed E-state index contributed by atoms with van der Waals surface area (Å²) in [6.45, 7) is 5.00. The molecule has 20 rings (SSSR count). The molecular weight excluding hydrogens is 1540 g/mol. The molecule has 0 bridgehead atoms. The number of para-hydroxylation sites is 8. The Bertz CT molecular complexity index is 6090. The first-order chi connectivity index (χ1) is 62.8. The van der Waals surface area contributed by atoms with Gasteiger partial charge in [0.2, 0.25) is 0 Å². The Kier molecular flexibility index (Phi) is 22.5. The molecule has 1 aliphatic rings. The van der Waals surface area contributed by atoms with E-state index in [1.54, 1.807) is 0 Å². The minimum Gasteiger partial charge on any atom is -0.489 e. The van der Waals surface area contributed by atoms with Gasteiger partial charge >= 0.3 is 0 Å². The second-order valence-corrected chi connectivity index (χ2v) is 32.4. The van der Waals surface area contributed by atoms with Crippen molar-refractivity contribution in [3.63, 3.8) is 0 Å². The van der Waals surface area contributed by atoms with Crippen LogP contribution in [0.2, 0.25) is 0 Å². The predicted octanol–water partition coefficient (Wildman–Crippen LogP) is 33.3. The van der Waals surface area contributed by atoms with Gasteiger partial charge in [-0.1, -0.05) is 275 Å². The van der Waals surface area contributed by atoms with Gasteiger partial charge in [0.25, 0.3) is 0 Å². The highest BCUT2D eigenvalue weighted by Crippen LogP contribution is 2.58. The van der Waals surface area contributed by atoms with Crippen LogP contribution in [0, 0.1) is 0 Å². The highest BCUT2D eigenvalue weighted by Gasteiger charge is 2.47. The zero-order valence-electron chi connectivity index (χ0n) is 71.0. The van der Waals surface area contributed by atoms with Crippen molar-refractivity contribution in [2.45, 2.75) is 38.2 Å². The molecule has 1 atom stereocenters. The maximum atomic E-state index is 6.71. The summed E-state index contributed by atoms with van der Waals surface area (Å²) >= 11 is 0. The first kappa shape index (κ1) is 79.3. The number of hydrogen-bond donors (Lipinski definition) is 0. The number of benzene rings is 19. The summed E-state index contributed by atoms with van der Waals surface area (Å²) in [5.74, 6) is 1.31. The summed E-state index contributed by atoms with van der Waals surface area (Å²) in [5.41, 5.74) is 32.2. The van der Waals surface area contributed by atoms with Crippen LogP contribution in [0.15, 0.2) is 504 Å². The third-order valence-corrected chi connectivity index (χ3v) is 24.7. The second kappa shape index (κ2) is 36.1. The van der Waals surface area contributed by atoms with Crippen molar-refractivity contribution in [2.75, 3.05) is 29.4 Å². The lowest BCUT2D eigenvalue weighted by Crippen LogP contribution is -2.28. The van der Waals surface area contributed by atoms with Gasteiger partial charge in [-0.3, -0.25) is 0 Å². The Morgan fingerprint density at radius 3 is 0.669 bits per heavy atom. The molecule has 19 aromatic rings. The van der Waals surface area contributed by atoms with Crippen molar-refractivity contribution in [3.8, 4) is 39.1 Å². The smallest absolute Gasteiger partial charge is 0.119 e. The lowest BCUT2D eigenvalue weighted by atomic mass is 9.67. The number of nitrogens with zero attached hydrogens (tertiary/aromatic N) is 6. The topological polar surface area (TPSA) is 28.7 Å². The number of ether oxygens (including phenoxy) is 1. The molecule has 610 valence electrons. The molecule has 7 heteroatoms. The summed E-state index contributed by atoms with van der Waals surface area (Å²) in [7, 11) is 0. The summed E-state index contributed by atoms with van der Waals surface area (Å²) in [6.07, 6.45) is 1.10. The van der Waals surface area contributed by atoms with Crippen LogP contribution in [0.5, 0.6) is 5.75 Å². The zero-order chi connectivity index (χ0) is 85.3. The molecule has 0 radical (unpaired) electrons. The quantitative estimate of drug-likeness (QED) is 0.0507. The fourth-order valence-corrected chi connectivity index (χ4v) is 18.2. The standard InChI is InChI=1S/C120H94N6O/c1-3-88(2)90-51-49-89(50-52-90)87-127-115-81-59-96(60-82-115)120(95-31-13-4-14-32-95)118-85-93(91-53-61-105(62-54-91)125(111-73-65-107(66-74-111)121(97-33-15-5-16-34-97)98-35-17-6-18-36-98)112-75-67-108(68-76-112)122(99-37-19-7-20-38-99)100-39-21-8-22-40-100)57-83-116(118)117-84-58-94(86-119(117)120)92-55-63-106(64-56-92)126(113-77-69-109(70-78-113)123(101-41-23-9-24-42-101)102-43-25-10-26-44-102)114-79-71-110(72-80-114)124(103-45-27-11-28-46-103)104-47-29-12-30-48-104/h4-86,88H,3,87H2,1-2H3. The largest absolute Gasteiger partial charge is 0.489 e. The van der Waals surface area contributed by atoms with Crippen LogP contribution >= 0.6 is 0 Å². The lowest BCUT2D eigenvalue weighted by Gasteiger charge is -2.34. The van der Waals surface area contributed by atoms with Crippen molar-refractivity contribution in [2.24, 2.45) is 0 Å². The zero-order valence-corrected chi connectivity index (χ0v) is 71.0. The highest BCUT2D eigenvalue weighted by atomic mass is 16.5. The Morgan fingerprint density at radius 2 is 0.425 bits per heavy atom. The van der Waals surface area contributed by atoms with Gasteiger partial charge in [0.15, 0.2) is 0 Å². The van der Waals surface area contributed by atoms with E-state index in [0.717, 1.165) is 148 Å². The minimum absolute atomic E-state index is 0.460. The van der Waals surface area contributed by atoms with E-state index in [-0.39, 0.29) is 0 Å². The fraction of sp³-hybridized carbons (Fsp3) is 0.0500. The highest BCUT2D eigenvalue weighted by molar-refractivity contribution is 5.93. The predicted molar refractivity (Wildman–Crippen MR) is 532 cm³/mol. The Balaban J connectivity index is 0.684. The van der Waals surface area contributed by atoms with Gasteiger partial charge in [-0.25, -0.2) is 0 Å². The second-order valence-electron chi connectivity index (χ2n) is 32.4. The van der Waals surface area contributed by atoms with Crippen molar-refractivity contribution in [1.29, 1.82) is 0 Å². The van der Waals surface area contributed by atoms with Gasteiger partial charge in [0.1, 0.15) is 12.4 Å². The average molecular weight is 1640 g/mol. The van der Waals surface area contributed by atoms with Crippen LogP contribution in [0.3, 0.4) is 0 Å². The van der Waals surface area contributed by atoms with Gasteiger partial charge in [-0.2, -0.15) is 0 Å². The van der Waals surface area contributed by atoms with Gasteiger partial charge < -0.3 is 34.1 Å². The molecule has 7 nitrogen and oxygen atoms in total. The van der Waals surface area contributed by atoms with E-state index in [4.69, 9.17) is 4.74 Å². The maximum absolute atomic E-state index is 6.71. The van der Waals surface area contributed by atoms with Crippen molar-refractivity contribution < 1.29 is 4.74 Å². The summed E-state index contributed by atoms with van der Waals surface area (Å²) in [6, 6.07) is 182. The summed E-state index contributed by atoms with van der Waals surface area (Å²) in [5, 5.41) is 0. The molecule has 1 unspecified atom stereocenters. The number of rotatable bonds is 27. The Hall–Kier alpha value is -16.2. The fourth-order valence-electron chi connectivity index (χ4n) is 18.2. The molecule has 0 amide bonds. The van der Waals surface area contributed by atoms with E-state index < -0.39 is 5.41 Å². The first-order valence-electron chi connectivity index (χ1n) is 43.8. The molecule has 0 aromatic heterocycles. The molecule has 0 aliphatic heterocycles.